The second-order valence-electron chi connectivity index (χ2n) is 5.03. The molecule has 0 N–H and O–H groups in total. The minimum absolute atomic E-state index is 0.187. The van der Waals surface area contributed by atoms with Crippen molar-refractivity contribution < 1.29 is 4.79 Å². The molecule has 0 aliphatic rings. The van der Waals surface area contributed by atoms with Crippen LogP contribution in [0, 0.1) is 0 Å². The molecular formula is C18H17NO. The summed E-state index contributed by atoms with van der Waals surface area (Å²) in [7, 11) is 2.05. The summed E-state index contributed by atoms with van der Waals surface area (Å²) in [5.41, 5.74) is 4.27. The van der Waals surface area contributed by atoms with Gasteiger partial charge in [0.05, 0.1) is 0 Å². The molecule has 100 valence electrons. The Labute approximate surface area is 118 Å². The van der Waals surface area contributed by atoms with Crippen molar-refractivity contribution in [2.45, 2.75) is 13.3 Å². The van der Waals surface area contributed by atoms with E-state index < -0.39 is 0 Å². The Morgan fingerprint density at radius 2 is 1.90 bits per heavy atom. The number of carbonyl (C=O) groups excluding carboxylic acids is 1. The fourth-order valence-corrected chi connectivity index (χ4v) is 2.64. The third-order valence-electron chi connectivity index (χ3n) is 3.71. The van der Waals surface area contributed by atoms with Crippen LogP contribution in [0.5, 0.6) is 0 Å². The molecule has 0 bridgehead atoms. The van der Waals surface area contributed by atoms with Gasteiger partial charge in [0.15, 0.2) is 5.78 Å². The molecule has 0 atom stereocenters. The van der Waals surface area contributed by atoms with Crippen LogP contribution in [-0.4, -0.2) is 10.4 Å². The Kier molecular flexibility index (Phi) is 3.15. The Hall–Kier alpha value is -2.35. The number of hydrogen-bond acceptors (Lipinski definition) is 1. The first kappa shape index (κ1) is 12.7. The van der Waals surface area contributed by atoms with Crippen LogP contribution >= 0.6 is 0 Å². The molecule has 2 aromatic carbocycles. The number of ketones is 1. The number of para-hydroxylation sites is 1. The molecule has 0 saturated carbocycles. The molecular weight excluding hydrogens is 246 g/mol. The van der Waals surface area contributed by atoms with E-state index in [9.17, 15) is 4.79 Å². The highest BCUT2D eigenvalue weighted by Gasteiger charge is 2.10. The molecule has 2 nitrogen and oxygen atoms in total. The van der Waals surface area contributed by atoms with Crippen molar-refractivity contribution in [2.24, 2.45) is 7.05 Å². The van der Waals surface area contributed by atoms with Gasteiger partial charge in [-0.2, -0.15) is 0 Å². The lowest BCUT2D eigenvalue weighted by atomic mass is 10.00. The topological polar surface area (TPSA) is 22.0 Å². The zero-order valence-electron chi connectivity index (χ0n) is 11.8. The predicted molar refractivity (Wildman–Crippen MR) is 83.0 cm³/mol. The summed E-state index contributed by atoms with van der Waals surface area (Å²) in [5.74, 6) is 0.187. The van der Waals surface area contributed by atoms with Crippen LogP contribution in [0.25, 0.3) is 22.0 Å². The maximum absolute atomic E-state index is 11.9. The Morgan fingerprint density at radius 3 is 2.70 bits per heavy atom. The molecule has 0 unspecified atom stereocenters. The molecule has 0 saturated heterocycles. The first-order valence-electron chi connectivity index (χ1n) is 6.88. The number of aromatic nitrogens is 1. The number of rotatable bonds is 3. The maximum atomic E-state index is 11.9. The number of hydrogen-bond donors (Lipinski definition) is 0. The quantitative estimate of drug-likeness (QED) is 0.640. The minimum atomic E-state index is 0.187. The van der Waals surface area contributed by atoms with E-state index >= 15 is 0 Å². The zero-order valence-corrected chi connectivity index (χ0v) is 11.8. The van der Waals surface area contributed by atoms with Crippen LogP contribution in [-0.2, 0) is 7.05 Å². The Balaban J connectivity index is 2.19. The summed E-state index contributed by atoms with van der Waals surface area (Å²) in [6.45, 7) is 1.90. The van der Waals surface area contributed by atoms with Crippen molar-refractivity contribution in [3.63, 3.8) is 0 Å². The largest absolute Gasteiger partial charge is 0.350 e. The van der Waals surface area contributed by atoms with Crippen molar-refractivity contribution in [3.05, 3.63) is 60.3 Å². The van der Waals surface area contributed by atoms with Crippen LogP contribution in [0.2, 0.25) is 0 Å². The van der Waals surface area contributed by atoms with Gasteiger partial charge in [0.2, 0.25) is 0 Å². The number of Topliss-reactive ketones (excluding diaryl/α,β-unsaturated/α-hetero) is 1. The first-order valence-corrected chi connectivity index (χ1v) is 6.88. The van der Waals surface area contributed by atoms with E-state index in [2.05, 4.69) is 29.0 Å². The minimum Gasteiger partial charge on any atom is -0.350 e. The van der Waals surface area contributed by atoms with Crippen LogP contribution in [0.3, 0.4) is 0 Å². The highest BCUT2D eigenvalue weighted by Crippen LogP contribution is 2.30. The fourth-order valence-electron chi connectivity index (χ4n) is 2.64. The molecule has 20 heavy (non-hydrogen) atoms. The van der Waals surface area contributed by atoms with Gasteiger partial charge in [-0.25, -0.2) is 0 Å². The number of carbonyl (C=O) groups is 1. The van der Waals surface area contributed by atoms with Crippen LogP contribution in [0.15, 0.2) is 54.7 Å². The first-order chi connectivity index (χ1) is 9.70. The molecule has 3 rings (SSSR count). The van der Waals surface area contributed by atoms with Crippen molar-refractivity contribution in [3.8, 4) is 11.1 Å². The summed E-state index contributed by atoms with van der Waals surface area (Å²) in [6.07, 6.45) is 2.67. The van der Waals surface area contributed by atoms with E-state index in [1.165, 1.54) is 16.5 Å². The van der Waals surface area contributed by atoms with Gasteiger partial charge < -0.3 is 4.57 Å². The standard InChI is InChI=1S/C18H17NO/c1-3-18(20)14-8-6-7-13(11-14)16-12-19(2)17-10-5-4-9-15(16)17/h4-12H,3H2,1-2H3. The third-order valence-corrected chi connectivity index (χ3v) is 3.71. The number of fused-ring (bicyclic) bond motifs is 1. The molecule has 0 radical (unpaired) electrons. The number of aryl methyl sites for hydroxylation is 1. The zero-order chi connectivity index (χ0) is 14.1. The third kappa shape index (κ3) is 2.03. The fraction of sp³-hybridized carbons (Fsp3) is 0.167. The van der Waals surface area contributed by atoms with E-state index in [0.717, 1.165) is 11.1 Å². The lowest BCUT2D eigenvalue weighted by Crippen LogP contribution is -1.96. The molecule has 0 spiro atoms. The van der Waals surface area contributed by atoms with Crippen molar-refractivity contribution in [1.29, 1.82) is 0 Å². The van der Waals surface area contributed by atoms with Gasteiger partial charge in [-0.15, -0.1) is 0 Å². The van der Waals surface area contributed by atoms with Gasteiger partial charge in [0, 0.05) is 41.7 Å². The average molecular weight is 263 g/mol. The highest BCUT2D eigenvalue weighted by molar-refractivity contribution is 6.00. The van der Waals surface area contributed by atoms with Gasteiger partial charge in [-0.1, -0.05) is 43.3 Å². The normalized spacial score (nSPS) is 10.9. The monoisotopic (exact) mass is 263 g/mol. The highest BCUT2D eigenvalue weighted by atomic mass is 16.1. The Morgan fingerprint density at radius 1 is 1.10 bits per heavy atom. The van der Waals surface area contributed by atoms with Crippen LogP contribution in [0.1, 0.15) is 23.7 Å². The lowest BCUT2D eigenvalue weighted by Gasteiger charge is -2.03. The van der Waals surface area contributed by atoms with E-state index in [1.807, 2.05) is 44.3 Å². The van der Waals surface area contributed by atoms with Gasteiger partial charge in [-0.05, 0) is 17.7 Å². The molecule has 0 fully saturated rings. The molecule has 0 aliphatic heterocycles. The maximum Gasteiger partial charge on any atom is 0.162 e. The van der Waals surface area contributed by atoms with Crippen molar-refractivity contribution in [2.75, 3.05) is 0 Å². The lowest BCUT2D eigenvalue weighted by molar-refractivity contribution is 0.0988. The Bertz CT molecular complexity index is 783. The van der Waals surface area contributed by atoms with E-state index in [4.69, 9.17) is 0 Å². The molecule has 0 aliphatic carbocycles. The molecule has 2 heteroatoms. The molecule has 0 amide bonds. The average Bonchev–Trinajstić information content (AvgIpc) is 2.84. The SMILES string of the molecule is CCC(=O)c1cccc(-c2cn(C)c3ccccc23)c1. The van der Waals surface area contributed by atoms with E-state index in [0.29, 0.717) is 6.42 Å². The van der Waals surface area contributed by atoms with Gasteiger partial charge >= 0.3 is 0 Å². The summed E-state index contributed by atoms with van der Waals surface area (Å²) < 4.78 is 2.12. The van der Waals surface area contributed by atoms with Gasteiger partial charge in [-0.3, -0.25) is 4.79 Å². The van der Waals surface area contributed by atoms with Gasteiger partial charge in [0.25, 0.3) is 0 Å². The van der Waals surface area contributed by atoms with Crippen LogP contribution < -0.4 is 0 Å². The number of nitrogens with zero attached hydrogens (tertiary/aromatic N) is 1. The van der Waals surface area contributed by atoms with Gasteiger partial charge in [0.1, 0.15) is 0 Å². The predicted octanol–water partition coefficient (Wildman–Crippen LogP) is 4.44. The smallest absolute Gasteiger partial charge is 0.162 e. The van der Waals surface area contributed by atoms with E-state index in [-0.39, 0.29) is 5.78 Å². The second kappa shape index (κ2) is 4.97. The van der Waals surface area contributed by atoms with Crippen molar-refractivity contribution in [1.82, 2.24) is 4.57 Å². The molecule has 3 aromatic rings. The molecule has 1 aromatic heterocycles. The summed E-state index contributed by atoms with van der Waals surface area (Å²) in [6, 6.07) is 16.2. The second-order valence-corrected chi connectivity index (χ2v) is 5.03. The van der Waals surface area contributed by atoms with E-state index in [1.54, 1.807) is 0 Å². The summed E-state index contributed by atoms with van der Waals surface area (Å²) in [5, 5.41) is 1.22. The summed E-state index contributed by atoms with van der Waals surface area (Å²) in [4.78, 5) is 11.9. The van der Waals surface area contributed by atoms with Crippen molar-refractivity contribution >= 4 is 16.7 Å². The van der Waals surface area contributed by atoms with Crippen LogP contribution in [0.4, 0.5) is 0 Å². The molecule has 1 heterocycles. The summed E-state index contributed by atoms with van der Waals surface area (Å²) >= 11 is 0. The number of benzene rings is 2.